The van der Waals surface area contributed by atoms with Crippen LogP contribution in [0.25, 0.3) is 0 Å². The minimum atomic E-state index is 0.369. The van der Waals surface area contributed by atoms with Crippen LogP contribution in [0, 0.1) is 11.8 Å². The Kier molecular flexibility index (Phi) is 3.47. The molecule has 0 radical (unpaired) electrons. The van der Waals surface area contributed by atoms with Crippen molar-refractivity contribution in [3.05, 3.63) is 0 Å². The lowest BCUT2D eigenvalue weighted by atomic mass is 9.86. The molecule has 2 fully saturated rings. The fourth-order valence-electron chi connectivity index (χ4n) is 2.36. The van der Waals surface area contributed by atoms with Gasteiger partial charge in [-0.25, -0.2) is 0 Å². The predicted molar refractivity (Wildman–Crippen MR) is 52.1 cm³/mol. The van der Waals surface area contributed by atoms with E-state index in [9.17, 15) is 0 Å². The van der Waals surface area contributed by atoms with Crippen molar-refractivity contribution >= 4 is 11.6 Å². The van der Waals surface area contributed by atoms with Gasteiger partial charge in [-0.1, -0.05) is 0 Å². The second-order valence-corrected chi connectivity index (χ2v) is 4.32. The molecule has 0 N–H and O–H groups in total. The first-order valence-corrected chi connectivity index (χ1v) is 5.70. The molecule has 0 aliphatic carbocycles. The van der Waals surface area contributed by atoms with Crippen LogP contribution in [0.5, 0.6) is 0 Å². The maximum absolute atomic E-state index is 5.93. The van der Waals surface area contributed by atoms with Crippen LogP contribution in [0.3, 0.4) is 0 Å². The second kappa shape index (κ2) is 4.63. The quantitative estimate of drug-likeness (QED) is 0.642. The molecule has 0 aromatic heterocycles. The summed E-state index contributed by atoms with van der Waals surface area (Å²) in [6.45, 7) is 2.69. The average Bonchev–Trinajstić information content (AvgIpc) is 2.70. The van der Waals surface area contributed by atoms with Crippen LogP contribution in [-0.4, -0.2) is 31.8 Å². The molecule has 0 amide bonds. The first-order chi connectivity index (χ1) is 6.42. The van der Waals surface area contributed by atoms with Gasteiger partial charge in [0.15, 0.2) is 0 Å². The van der Waals surface area contributed by atoms with Crippen LogP contribution in [0.15, 0.2) is 0 Å². The van der Waals surface area contributed by atoms with Crippen molar-refractivity contribution in [3.63, 3.8) is 0 Å². The lowest BCUT2D eigenvalue weighted by Gasteiger charge is -2.33. The zero-order valence-corrected chi connectivity index (χ0v) is 8.63. The largest absolute Gasteiger partial charge is 0.381 e. The fraction of sp³-hybridized carbons (Fsp3) is 1.00. The standard InChI is InChI=1S/C10H17ClO2/c11-6-8-2-1-4-13-10(8)9-3-5-12-7-9/h8-10H,1-7H2. The van der Waals surface area contributed by atoms with E-state index in [-0.39, 0.29) is 0 Å². The van der Waals surface area contributed by atoms with E-state index in [2.05, 4.69) is 0 Å². The maximum Gasteiger partial charge on any atom is 0.0665 e. The van der Waals surface area contributed by atoms with E-state index >= 15 is 0 Å². The van der Waals surface area contributed by atoms with Crippen molar-refractivity contribution in [3.8, 4) is 0 Å². The van der Waals surface area contributed by atoms with Crippen LogP contribution >= 0.6 is 11.6 Å². The summed E-state index contributed by atoms with van der Waals surface area (Å²) in [5.41, 5.74) is 0. The van der Waals surface area contributed by atoms with Crippen LogP contribution < -0.4 is 0 Å². The molecule has 13 heavy (non-hydrogen) atoms. The number of rotatable bonds is 2. The van der Waals surface area contributed by atoms with Crippen LogP contribution in [-0.2, 0) is 9.47 Å². The van der Waals surface area contributed by atoms with Crippen LogP contribution in [0.2, 0.25) is 0 Å². The van der Waals surface area contributed by atoms with Gasteiger partial charge in [0, 0.05) is 25.0 Å². The Balaban J connectivity index is 1.93. The number of hydrogen-bond donors (Lipinski definition) is 0. The van der Waals surface area contributed by atoms with Gasteiger partial charge in [0.25, 0.3) is 0 Å². The summed E-state index contributed by atoms with van der Waals surface area (Å²) in [4.78, 5) is 0. The third-order valence-electron chi connectivity index (χ3n) is 3.12. The maximum atomic E-state index is 5.93. The number of hydrogen-bond acceptors (Lipinski definition) is 2. The molecule has 2 saturated heterocycles. The summed E-state index contributed by atoms with van der Waals surface area (Å²) in [6, 6.07) is 0. The van der Waals surface area contributed by atoms with Gasteiger partial charge in [-0.3, -0.25) is 0 Å². The minimum absolute atomic E-state index is 0.369. The van der Waals surface area contributed by atoms with Gasteiger partial charge in [0.1, 0.15) is 0 Å². The Labute approximate surface area is 84.5 Å². The number of halogens is 1. The molecule has 0 aromatic carbocycles. The smallest absolute Gasteiger partial charge is 0.0665 e. The highest BCUT2D eigenvalue weighted by molar-refractivity contribution is 6.18. The van der Waals surface area contributed by atoms with Crippen molar-refractivity contribution in [2.24, 2.45) is 11.8 Å². The van der Waals surface area contributed by atoms with Gasteiger partial charge in [0.05, 0.1) is 12.7 Å². The van der Waals surface area contributed by atoms with E-state index in [0.717, 1.165) is 32.1 Å². The lowest BCUT2D eigenvalue weighted by molar-refractivity contribution is -0.0548. The SMILES string of the molecule is ClCC1CCCOC1C1CCOC1. The van der Waals surface area contributed by atoms with E-state index in [1.165, 1.54) is 12.8 Å². The van der Waals surface area contributed by atoms with Gasteiger partial charge < -0.3 is 9.47 Å². The molecule has 2 aliphatic rings. The monoisotopic (exact) mass is 204 g/mol. The Morgan fingerprint density at radius 1 is 1.23 bits per heavy atom. The van der Waals surface area contributed by atoms with Gasteiger partial charge in [-0.2, -0.15) is 0 Å². The molecule has 76 valence electrons. The number of alkyl halides is 1. The molecule has 3 heteroatoms. The Hall–Kier alpha value is 0.210. The minimum Gasteiger partial charge on any atom is -0.381 e. The van der Waals surface area contributed by atoms with E-state index in [1.54, 1.807) is 0 Å². The van der Waals surface area contributed by atoms with Crippen molar-refractivity contribution < 1.29 is 9.47 Å². The third-order valence-corrected chi connectivity index (χ3v) is 3.52. The van der Waals surface area contributed by atoms with Gasteiger partial charge >= 0.3 is 0 Å². The molecule has 0 spiro atoms. The highest BCUT2D eigenvalue weighted by atomic mass is 35.5. The molecule has 3 unspecified atom stereocenters. The molecule has 2 rings (SSSR count). The van der Waals surface area contributed by atoms with Gasteiger partial charge in [-0.05, 0) is 25.2 Å². The molecule has 2 heterocycles. The van der Waals surface area contributed by atoms with Crippen molar-refractivity contribution in [1.29, 1.82) is 0 Å². The summed E-state index contributed by atoms with van der Waals surface area (Å²) in [6.07, 6.45) is 3.92. The first kappa shape index (κ1) is 9.75. The molecule has 2 nitrogen and oxygen atoms in total. The second-order valence-electron chi connectivity index (χ2n) is 4.02. The molecular formula is C10H17ClO2. The van der Waals surface area contributed by atoms with Crippen molar-refractivity contribution in [2.75, 3.05) is 25.7 Å². The van der Waals surface area contributed by atoms with E-state index in [0.29, 0.717) is 17.9 Å². The van der Waals surface area contributed by atoms with E-state index in [4.69, 9.17) is 21.1 Å². The fourth-order valence-corrected chi connectivity index (χ4v) is 2.69. The average molecular weight is 205 g/mol. The Bertz CT molecular complexity index is 155. The molecule has 0 aromatic rings. The summed E-state index contributed by atoms with van der Waals surface area (Å²) < 4.78 is 11.2. The topological polar surface area (TPSA) is 18.5 Å². The summed E-state index contributed by atoms with van der Waals surface area (Å²) in [5, 5.41) is 0. The molecule has 2 aliphatic heterocycles. The summed E-state index contributed by atoms with van der Waals surface area (Å²) >= 11 is 5.93. The zero-order valence-electron chi connectivity index (χ0n) is 7.88. The van der Waals surface area contributed by atoms with Gasteiger partial charge in [0.2, 0.25) is 0 Å². The zero-order chi connectivity index (χ0) is 9.10. The first-order valence-electron chi connectivity index (χ1n) is 5.17. The van der Waals surface area contributed by atoms with Crippen LogP contribution in [0.4, 0.5) is 0 Å². The van der Waals surface area contributed by atoms with Crippen LogP contribution in [0.1, 0.15) is 19.3 Å². The Morgan fingerprint density at radius 3 is 2.85 bits per heavy atom. The van der Waals surface area contributed by atoms with E-state index < -0.39 is 0 Å². The predicted octanol–water partition coefficient (Wildman–Crippen LogP) is 2.06. The highest BCUT2D eigenvalue weighted by Gasteiger charge is 2.34. The third kappa shape index (κ3) is 2.17. The lowest BCUT2D eigenvalue weighted by Crippen LogP contribution is -2.37. The highest BCUT2D eigenvalue weighted by Crippen LogP contribution is 2.31. The molecular weight excluding hydrogens is 188 g/mol. The molecule has 0 bridgehead atoms. The van der Waals surface area contributed by atoms with E-state index in [1.807, 2.05) is 0 Å². The molecule has 0 saturated carbocycles. The van der Waals surface area contributed by atoms with Crippen molar-refractivity contribution in [2.45, 2.75) is 25.4 Å². The number of ether oxygens (including phenoxy) is 2. The molecule has 3 atom stereocenters. The Morgan fingerprint density at radius 2 is 2.15 bits per heavy atom. The summed E-state index contributed by atoms with van der Waals surface area (Å²) in [7, 11) is 0. The summed E-state index contributed by atoms with van der Waals surface area (Å²) in [5.74, 6) is 1.90. The van der Waals surface area contributed by atoms with Crippen molar-refractivity contribution in [1.82, 2.24) is 0 Å². The van der Waals surface area contributed by atoms with Gasteiger partial charge in [-0.15, -0.1) is 11.6 Å². The normalized spacial score (nSPS) is 40.8.